The van der Waals surface area contributed by atoms with E-state index in [0.717, 1.165) is 50.1 Å². The van der Waals surface area contributed by atoms with Crippen molar-refractivity contribution in [1.82, 2.24) is 4.57 Å². The quantitative estimate of drug-likeness (QED) is 0.134. The number of fused-ring (bicyclic) bond motifs is 5. The fraction of sp³-hybridized carbons (Fsp3) is 0.275. The molecule has 0 N–H and O–H groups in total. The lowest BCUT2D eigenvalue weighted by atomic mass is 9.85. The number of nitrogens with zero attached hydrogens (tertiary/aromatic N) is 2. The summed E-state index contributed by atoms with van der Waals surface area (Å²) < 4.78 is 2.56. The molecule has 6 aromatic rings. The van der Waals surface area contributed by atoms with Gasteiger partial charge in [0.15, 0.2) is 0 Å². The van der Waals surface area contributed by atoms with Crippen LogP contribution in [-0.2, 0) is 6.42 Å². The summed E-state index contributed by atoms with van der Waals surface area (Å²) in [6.07, 6.45) is 16.3. The maximum atomic E-state index is 5.76. The van der Waals surface area contributed by atoms with Crippen LogP contribution in [0.4, 0.5) is 0 Å². The van der Waals surface area contributed by atoms with Crippen molar-refractivity contribution in [3.05, 3.63) is 154 Å². The number of para-hydroxylation sites is 1. The zero-order valence-electron chi connectivity index (χ0n) is 31.8. The van der Waals surface area contributed by atoms with Crippen LogP contribution in [0.2, 0.25) is 0 Å². The molecule has 9 rings (SSSR count). The summed E-state index contributed by atoms with van der Waals surface area (Å²) in [5, 5.41) is 5.14. The molecule has 0 amide bonds. The molecule has 1 fully saturated rings. The average Bonchev–Trinajstić information content (AvgIpc) is 4.02. The molecule has 2 nitrogen and oxygen atoms in total. The lowest BCUT2D eigenvalue weighted by Crippen LogP contribution is -2.17. The van der Waals surface area contributed by atoms with Crippen molar-refractivity contribution < 1.29 is 0 Å². The van der Waals surface area contributed by atoms with Crippen molar-refractivity contribution >= 4 is 55.6 Å². The number of aromatic nitrogens is 1. The zero-order valence-corrected chi connectivity index (χ0v) is 31.8. The Morgan fingerprint density at radius 2 is 1.57 bits per heavy atom. The van der Waals surface area contributed by atoms with Gasteiger partial charge >= 0.3 is 0 Å². The first-order chi connectivity index (χ1) is 26.0. The fourth-order valence-corrected chi connectivity index (χ4v) is 8.83. The highest BCUT2D eigenvalue weighted by molar-refractivity contribution is 6.14. The van der Waals surface area contributed by atoms with Gasteiger partial charge in [-0.1, -0.05) is 117 Å². The number of aryl methyl sites for hydroxylation is 1. The van der Waals surface area contributed by atoms with Gasteiger partial charge in [0.25, 0.3) is 0 Å². The number of rotatable bonds is 9. The molecule has 3 aliphatic rings. The third kappa shape index (κ3) is 6.13. The minimum Gasteiger partial charge on any atom is -0.309 e. The van der Waals surface area contributed by atoms with Gasteiger partial charge in [-0.3, -0.25) is 4.99 Å². The summed E-state index contributed by atoms with van der Waals surface area (Å²) in [6, 6.07) is 38.8. The Morgan fingerprint density at radius 3 is 2.38 bits per heavy atom. The summed E-state index contributed by atoms with van der Waals surface area (Å²) in [7, 11) is 0. The first-order valence-electron chi connectivity index (χ1n) is 20.1. The molecule has 0 saturated heterocycles. The van der Waals surface area contributed by atoms with Gasteiger partial charge in [-0.05, 0) is 139 Å². The number of allylic oxidation sites excluding steroid dienone is 6. The number of hydrogen-bond acceptors (Lipinski definition) is 1. The zero-order chi connectivity index (χ0) is 36.1. The van der Waals surface area contributed by atoms with Gasteiger partial charge in [0, 0.05) is 27.6 Å². The Morgan fingerprint density at radius 1 is 0.792 bits per heavy atom. The lowest BCUT2D eigenvalue weighted by Gasteiger charge is -2.24. The van der Waals surface area contributed by atoms with E-state index in [1.165, 1.54) is 95.8 Å². The van der Waals surface area contributed by atoms with Crippen molar-refractivity contribution in [1.29, 1.82) is 0 Å². The molecule has 0 radical (unpaired) electrons. The van der Waals surface area contributed by atoms with Crippen LogP contribution in [0.3, 0.4) is 0 Å². The van der Waals surface area contributed by atoms with Gasteiger partial charge in [0.1, 0.15) is 0 Å². The van der Waals surface area contributed by atoms with E-state index in [2.05, 4.69) is 154 Å². The van der Waals surface area contributed by atoms with Crippen molar-refractivity contribution in [2.45, 2.75) is 79.1 Å². The normalized spacial score (nSPS) is 17.4. The third-order valence-electron chi connectivity index (χ3n) is 12.2. The molecule has 1 atom stereocenters. The molecular weight excluding hydrogens is 641 g/mol. The maximum absolute atomic E-state index is 5.76. The highest BCUT2D eigenvalue weighted by Gasteiger charge is 2.30. The smallest absolute Gasteiger partial charge is 0.0695 e. The van der Waals surface area contributed by atoms with Crippen molar-refractivity contribution in [3.8, 4) is 5.69 Å². The summed E-state index contributed by atoms with van der Waals surface area (Å²) in [4.78, 5) is 5.76. The monoisotopic (exact) mass is 690 g/mol. The standard InChI is InChI=1S/C51H50N2/c1-5-33(3)50(40-26-23-35-15-7-8-16-37(35)29-40)52-51(34(4)6-2)41-27-28-45(43-20-12-11-19-42(43)36-24-25-36)48(32-41)53-47-22-14-13-21-44(47)46-30-38-17-9-10-18-39(38)31-49(46)53/h7-10,12-18,20-22,27-33,36H,5-6,11,19,23-26H2,1-4H3/b51-34+,52-50?. The van der Waals surface area contributed by atoms with Crippen LogP contribution in [0.5, 0.6) is 0 Å². The summed E-state index contributed by atoms with van der Waals surface area (Å²) in [6.45, 7) is 9.22. The van der Waals surface area contributed by atoms with E-state index in [-0.39, 0.29) is 0 Å². The van der Waals surface area contributed by atoms with E-state index in [4.69, 9.17) is 4.99 Å². The fourth-order valence-electron chi connectivity index (χ4n) is 8.83. The van der Waals surface area contributed by atoms with Crippen LogP contribution < -0.4 is 0 Å². The van der Waals surface area contributed by atoms with Crippen LogP contribution in [-0.4, -0.2) is 10.3 Å². The van der Waals surface area contributed by atoms with Crippen LogP contribution in [0, 0.1) is 11.8 Å². The van der Waals surface area contributed by atoms with E-state index >= 15 is 0 Å². The van der Waals surface area contributed by atoms with E-state index in [1.807, 2.05) is 0 Å². The highest BCUT2D eigenvalue weighted by atomic mass is 15.0. The Balaban J connectivity index is 1.31. The third-order valence-corrected chi connectivity index (χ3v) is 12.2. The maximum Gasteiger partial charge on any atom is 0.0695 e. The van der Waals surface area contributed by atoms with Crippen molar-refractivity contribution in [2.75, 3.05) is 0 Å². The molecule has 0 bridgehead atoms. The van der Waals surface area contributed by atoms with Crippen LogP contribution >= 0.6 is 0 Å². The second-order valence-electron chi connectivity index (χ2n) is 15.6. The first kappa shape index (κ1) is 33.6. The predicted molar refractivity (Wildman–Crippen MR) is 229 cm³/mol. The number of benzene rings is 5. The Labute approximate surface area is 315 Å². The molecule has 1 unspecified atom stereocenters. The highest BCUT2D eigenvalue weighted by Crippen LogP contribution is 2.47. The molecule has 3 aliphatic carbocycles. The molecular formula is C51H50N2. The van der Waals surface area contributed by atoms with Gasteiger partial charge in [-0.15, -0.1) is 0 Å². The summed E-state index contributed by atoms with van der Waals surface area (Å²) >= 11 is 0. The SMILES string of the molecule is CC/C(C)=C(/N=C(C1=Cc2ccccc2CC1)C(C)CC)c1ccc(C2=C(C3CC3)CCC=C2)c(-n2c3ccccc3c3cc4ccccc4cc32)c1. The summed E-state index contributed by atoms with van der Waals surface area (Å²) in [5.74, 6) is 1.08. The molecule has 1 heterocycles. The minimum absolute atomic E-state index is 0.356. The molecule has 53 heavy (non-hydrogen) atoms. The minimum atomic E-state index is 0.356. The molecule has 0 spiro atoms. The van der Waals surface area contributed by atoms with Gasteiger partial charge < -0.3 is 4.57 Å². The van der Waals surface area contributed by atoms with E-state index in [9.17, 15) is 0 Å². The first-order valence-corrected chi connectivity index (χ1v) is 20.1. The van der Waals surface area contributed by atoms with Crippen LogP contribution in [0.25, 0.3) is 55.6 Å². The van der Waals surface area contributed by atoms with Crippen molar-refractivity contribution in [2.24, 2.45) is 16.8 Å². The molecule has 1 saturated carbocycles. The van der Waals surface area contributed by atoms with Gasteiger partial charge in [0.05, 0.1) is 22.4 Å². The Kier molecular flexibility index (Phi) is 8.86. The average molecular weight is 691 g/mol. The second kappa shape index (κ2) is 14.0. The predicted octanol–water partition coefficient (Wildman–Crippen LogP) is 14.1. The van der Waals surface area contributed by atoms with E-state index < -0.39 is 0 Å². The molecule has 0 aliphatic heterocycles. The van der Waals surface area contributed by atoms with E-state index in [1.54, 1.807) is 5.57 Å². The Hall–Kier alpha value is -5.21. The van der Waals surface area contributed by atoms with Gasteiger partial charge in [0.2, 0.25) is 0 Å². The van der Waals surface area contributed by atoms with Gasteiger partial charge in [-0.25, -0.2) is 0 Å². The molecule has 1 aromatic heterocycles. The topological polar surface area (TPSA) is 17.3 Å². The number of aliphatic imine (C=N–C) groups is 1. The van der Waals surface area contributed by atoms with E-state index in [0.29, 0.717) is 5.92 Å². The number of hydrogen-bond donors (Lipinski definition) is 0. The molecule has 264 valence electrons. The Bertz CT molecular complexity index is 2560. The van der Waals surface area contributed by atoms with Crippen molar-refractivity contribution in [3.63, 3.8) is 0 Å². The van der Waals surface area contributed by atoms with Crippen LogP contribution in [0.1, 0.15) is 94.9 Å². The van der Waals surface area contributed by atoms with Crippen LogP contribution in [0.15, 0.2) is 137 Å². The second-order valence-corrected chi connectivity index (χ2v) is 15.6. The molecule has 2 heteroatoms. The summed E-state index contributed by atoms with van der Waals surface area (Å²) in [5.41, 5.74) is 17.2. The van der Waals surface area contributed by atoms with Gasteiger partial charge in [-0.2, -0.15) is 0 Å². The lowest BCUT2D eigenvalue weighted by molar-refractivity contribution is 0.733. The largest absolute Gasteiger partial charge is 0.309 e. The molecule has 5 aromatic carbocycles.